The number of carbonyl (C=O) groups is 1. The van der Waals surface area contributed by atoms with E-state index in [0.717, 1.165) is 12.8 Å². The zero-order valence-electron chi connectivity index (χ0n) is 11.4. The van der Waals surface area contributed by atoms with Crippen molar-refractivity contribution < 1.29 is 15.0 Å². The normalized spacial score (nSPS) is 21.6. The van der Waals surface area contributed by atoms with Crippen LogP contribution in [0.3, 0.4) is 0 Å². The van der Waals surface area contributed by atoms with E-state index in [1.54, 1.807) is 11.3 Å². The summed E-state index contributed by atoms with van der Waals surface area (Å²) in [4.78, 5) is 14.0. The number of thiophene rings is 1. The molecule has 0 saturated heterocycles. The van der Waals surface area contributed by atoms with Crippen LogP contribution in [0.2, 0.25) is 0 Å². The highest BCUT2D eigenvalue weighted by Crippen LogP contribution is 2.32. The van der Waals surface area contributed by atoms with Crippen LogP contribution in [0.4, 0.5) is 0 Å². The summed E-state index contributed by atoms with van der Waals surface area (Å²) >= 11 is 1.55. The van der Waals surface area contributed by atoms with Crippen LogP contribution in [0.15, 0.2) is 6.07 Å². The molecule has 2 atom stereocenters. The Bertz CT molecular complexity index is 467. The molecule has 1 heterocycles. The van der Waals surface area contributed by atoms with Gasteiger partial charge >= 0.3 is 0 Å². The standard InChI is InChI=1S/C14H21NO3S/c1-9-3-4-11-10(5-9)6-12(19-11)13(17)15-7-14(2,18)8-16/h6,9,16,18H,3-5,7-8H2,1-2H3,(H,15,17)/t9-,14-/m0/s1. The summed E-state index contributed by atoms with van der Waals surface area (Å²) in [5.74, 6) is 0.522. The molecule has 1 amide bonds. The molecule has 19 heavy (non-hydrogen) atoms. The fourth-order valence-electron chi connectivity index (χ4n) is 2.23. The highest BCUT2D eigenvalue weighted by atomic mass is 32.1. The number of hydrogen-bond donors (Lipinski definition) is 3. The molecule has 0 spiro atoms. The smallest absolute Gasteiger partial charge is 0.261 e. The van der Waals surface area contributed by atoms with Gasteiger partial charge in [-0.05, 0) is 43.7 Å². The molecule has 1 aromatic heterocycles. The molecule has 5 heteroatoms. The van der Waals surface area contributed by atoms with E-state index in [0.29, 0.717) is 10.8 Å². The predicted molar refractivity (Wildman–Crippen MR) is 75.6 cm³/mol. The maximum Gasteiger partial charge on any atom is 0.261 e. The molecule has 0 fully saturated rings. The number of aliphatic hydroxyl groups is 2. The molecule has 1 aliphatic rings. The molecule has 3 N–H and O–H groups in total. The van der Waals surface area contributed by atoms with Crippen molar-refractivity contribution in [2.75, 3.05) is 13.2 Å². The Balaban J connectivity index is 2.01. The lowest BCUT2D eigenvalue weighted by Gasteiger charge is -2.20. The molecule has 0 radical (unpaired) electrons. The molecule has 106 valence electrons. The number of aryl methyl sites for hydroxylation is 1. The summed E-state index contributed by atoms with van der Waals surface area (Å²) in [6, 6.07) is 1.97. The van der Waals surface area contributed by atoms with Crippen molar-refractivity contribution in [2.45, 2.75) is 38.7 Å². The van der Waals surface area contributed by atoms with Crippen LogP contribution >= 0.6 is 11.3 Å². The minimum absolute atomic E-state index is 0.0568. The molecule has 0 saturated carbocycles. The quantitative estimate of drug-likeness (QED) is 0.781. The highest BCUT2D eigenvalue weighted by molar-refractivity contribution is 7.14. The minimum Gasteiger partial charge on any atom is -0.393 e. The van der Waals surface area contributed by atoms with Gasteiger partial charge in [0.25, 0.3) is 5.91 Å². The van der Waals surface area contributed by atoms with Gasteiger partial charge in [0.15, 0.2) is 0 Å². The Kier molecular flexibility index (Phi) is 4.28. The van der Waals surface area contributed by atoms with E-state index < -0.39 is 5.60 Å². The fraction of sp³-hybridized carbons (Fsp3) is 0.643. The Labute approximate surface area is 117 Å². The third kappa shape index (κ3) is 3.55. The molecule has 2 rings (SSSR count). The average molecular weight is 283 g/mol. The molecule has 1 aromatic rings. The Morgan fingerprint density at radius 2 is 2.37 bits per heavy atom. The van der Waals surface area contributed by atoms with Crippen molar-refractivity contribution in [3.8, 4) is 0 Å². The van der Waals surface area contributed by atoms with E-state index in [1.807, 2.05) is 6.07 Å². The molecule has 0 unspecified atom stereocenters. The lowest BCUT2D eigenvalue weighted by Crippen LogP contribution is -2.43. The molecule has 0 aromatic carbocycles. The van der Waals surface area contributed by atoms with E-state index in [4.69, 9.17) is 5.11 Å². The first-order valence-corrected chi connectivity index (χ1v) is 7.46. The first-order chi connectivity index (χ1) is 8.91. The van der Waals surface area contributed by atoms with Crippen LogP contribution in [0, 0.1) is 5.92 Å². The first-order valence-electron chi connectivity index (χ1n) is 6.64. The summed E-state index contributed by atoms with van der Waals surface area (Å²) in [6.07, 6.45) is 3.30. The highest BCUT2D eigenvalue weighted by Gasteiger charge is 2.23. The van der Waals surface area contributed by atoms with Gasteiger partial charge in [0.05, 0.1) is 11.5 Å². The van der Waals surface area contributed by atoms with Gasteiger partial charge in [-0.15, -0.1) is 11.3 Å². The number of aliphatic hydroxyl groups excluding tert-OH is 1. The van der Waals surface area contributed by atoms with Gasteiger partial charge in [-0.2, -0.15) is 0 Å². The minimum atomic E-state index is -1.26. The van der Waals surface area contributed by atoms with E-state index >= 15 is 0 Å². The molecule has 4 nitrogen and oxygen atoms in total. The Morgan fingerprint density at radius 1 is 1.63 bits per heavy atom. The van der Waals surface area contributed by atoms with Gasteiger partial charge < -0.3 is 15.5 Å². The van der Waals surface area contributed by atoms with Gasteiger partial charge in [0.2, 0.25) is 0 Å². The van der Waals surface area contributed by atoms with Gasteiger partial charge in [-0.3, -0.25) is 4.79 Å². The number of hydrogen-bond acceptors (Lipinski definition) is 4. The van der Waals surface area contributed by atoms with Crippen LogP contribution < -0.4 is 5.32 Å². The van der Waals surface area contributed by atoms with E-state index in [-0.39, 0.29) is 19.1 Å². The van der Waals surface area contributed by atoms with Crippen molar-refractivity contribution in [1.29, 1.82) is 0 Å². The maximum atomic E-state index is 12.0. The lowest BCUT2D eigenvalue weighted by molar-refractivity contribution is 0.00323. The predicted octanol–water partition coefficient (Wildman–Crippen LogP) is 1.35. The van der Waals surface area contributed by atoms with Crippen LogP contribution in [0.5, 0.6) is 0 Å². The monoisotopic (exact) mass is 283 g/mol. The van der Waals surface area contributed by atoms with E-state index in [2.05, 4.69) is 12.2 Å². The van der Waals surface area contributed by atoms with Crippen LogP contribution in [-0.2, 0) is 12.8 Å². The molecular formula is C14H21NO3S. The zero-order valence-corrected chi connectivity index (χ0v) is 12.2. The Morgan fingerprint density at radius 3 is 3.05 bits per heavy atom. The maximum absolute atomic E-state index is 12.0. The average Bonchev–Trinajstić information content (AvgIpc) is 2.79. The zero-order chi connectivity index (χ0) is 14.0. The van der Waals surface area contributed by atoms with E-state index in [1.165, 1.54) is 23.8 Å². The van der Waals surface area contributed by atoms with E-state index in [9.17, 15) is 9.90 Å². The van der Waals surface area contributed by atoms with Crippen molar-refractivity contribution >= 4 is 17.2 Å². The topological polar surface area (TPSA) is 69.6 Å². The van der Waals surface area contributed by atoms with Gasteiger partial charge in [-0.1, -0.05) is 6.92 Å². The third-order valence-corrected chi connectivity index (χ3v) is 4.76. The van der Waals surface area contributed by atoms with Crippen molar-refractivity contribution in [2.24, 2.45) is 5.92 Å². The van der Waals surface area contributed by atoms with Crippen LogP contribution in [0.1, 0.15) is 40.4 Å². The van der Waals surface area contributed by atoms with Crippen LogP contribution in [0.25, 0.3) is 0 Å². The summed E-state index contributed by atoms with van der Waals surface area (Å²) < 4.78 is 0. The third-order valence-electron chi connectivity index (χ3n) is 3.52. The van der Waals surface area contributed by atoms with Gasteiger partial charge in [0, 0.05) is 11.4 Å². The van der Waals surface area contributed by atoms with Crippen molar-refractivity contribution in [1.82, 2.24) is 5.32 Å². The number of amides is 1. The number of carbonyl (C=O) groups excluding carboxylic acids is 1. The van der Waals surface area contributed by atoms with Gasteiger partial charge in [0.1, 0.15) is 5.60 Å². The first kappa shape index (κ1) is 14.5. The van der Waals surface area contributed by atoms with Crippen LogP contribution in [-0.4, -0.2) is 34.9 Å². The summed E-state index contributed by atoms with van der Waals surface area (Å²) in [6.45, 7) is 3.42. The summed E-state index contributed by atoms with van der Waals surface area (Å²) in [7, 11) is 0. The second-order valence-electron chi connectivity index (χ2n) is 5.74. The molecular weight excluding hydrogens is 262 g/mol. The number of fused-ring (bicyclic) bond motifs is 1. The van der Waals surface area contributed by atoms with Gasteiger partial charge in [-0.25, -0.2) is 0 Å². The Hall–Kier alpha value is -0.910. The summed E-state index contributed by atoms with van der Waals surface area (Å²) in [5.41, 5.74) is 0.0314. The number of rotatable bonds is 4. The van der Waals surface area contributed by atoms with Crippen molar-refractivity contribution in [3.05, 3.63) is 21.4 Å². The number of nitrogens with one attached hydrogen (secondary N) is 1. The fourth-order valence-corrected chi connectivity index (χ4v) is 3.36. The van der Waals surface area contributed by atoms with Crippen molar-refractivity contribution in [3.63, 3.8) is 0 Å². The second-order valence-corrected chi connectivity index (χ2v) is 6.88. The molecule has 1 aliphatic carbocycles. The SMILES string of the molecule is C[C@H]1CCc2sc(C(=O)NC[C@](C)(O)CO)cc2C1. The lowest BCUT2D eigenvalue weighted by atomic mass is 9.90. The largest absolute Gasteiger partial charge is 0.393 e. The molecule has 0 aliphatic heterocycles. The summed E-state index contributed by atoms with van der Waals surface area (Å²) in [5, 5.41) is 21.3. The molecule has 0 bridgehead atoms. The second kappa shape index (κ2) is 5.61.